The summed E-state index contributed by atoms with van der Waals surface area (Å²) in [4.78, 5) is 13.6. The Kier molecular flexibility index (Phi) is 4.69. The predicted molar refractivity (Wildman–Crippen MR) is 116 cm³/mol. The van der Waals surface area contributed by atoms with E-state index in [0.717, 1.165) is 21.2 Å². The van der Waals surface area contributed by atoms with E-state index in [-0.39, 0.29) is 17.3 Å². The van der Waals surface area contributed by atoms with Crippen molar-refractivity contribution < 1.29 is 9.42 Å². The maximum Gasteiger partial charge on any atom is 0.294 e. The highest BCUT2D eigenvalue weighted by Crippen LogP contribution is 2.29. The lowest BCUT2D eigenvalue weighted by atomic mass is 10.1. The number of carbonyl (C=O) groups excluding carboxylic acids is 1. The van der Waals surface area contributed by atoms with Crippen LogP contribution in [-0.2, 0) is 0 Å². The minimum absolute atomic E-state index is 0.0311. The highest BCUT2D eigenvalue weighted by Gasteiger charge is 2.25. The van der Waals surface area contributed by atoms with Gasteiger partial charge in [0.05, 0.1) is 11.1 Å². The molecule has 5 rings (SSSR count). The van der Waals surface area contributed by atoms with Gasteiger partial charge in [-0.15, -0.1) is 16.4 Å². The maximum absolute atomic E-state index is 12.9. The molecule has 31 heavy (non-hydrogen) atoms. The number of thiophene rings is 1. The van der Waals surface area contributed by atoms with Gasteiger partial charge >= 0.3 is 0 Å². The van der Waals surface area contributed by atoms with Crippen molar-refractivity contribution in [3.8, 4) is 16.4 Å². The monoisotopic (exact) mass is 430 g/mol. The van der Waals surface area contributed by atoms with Gasteiger partial charge in [-0.05, 0) is 32.5 Å². The molecule has 3 aromatic heterocycles. The van der Waals surface area contributed by atoms with Gasteiger partial charge in [0.2, 0.25) is 11.6 Å². The van der Waals surface area contributed by atoms with Gasteiger partial charge in [-0.3, -0.25) is 4.79 Å². The SMILES string of the molecule is Nc1nonc1-n1nnc(C(=O)NN=Cc2cccc3ccccc23)c1-c1cccs1. The summed E-state index contributed by atoms with van der Waals surface area (Å²) in [6.45, 7) is 0. The molecular formula is C20H14N8O2S. The zero-order valence-electron chi connectivity index (χ0n) is 15.8. The van der Waals surface area contributed by atoms with E-state index >= 15 is 0 Å². The highest BCUT2D eigenvalue weighted by molar-refractivity contribution is 7.13. The summed E-state index contributed by atoms with van der Waals surface area (Å²) in [5.41, 5.74) is 9.67. The maximum atomic E-state index is 12.9. The van der Waals surface area contributed by atoms with Crippen molar-refractivity contribution in [2.75, 3.05) is 5.73 Å². The number of nitrogens with one attached hydrogen (secondary N) is 1. The molecule has 2 aromatic carbocycles. The molecule has 0 aliphatic carbocycles. The van der Waals surface area contributed by atoms with E-state index in [1.54, 1.807) is 6.21 Å². The van der Waals surface area contributed by atoms with Crippen molar-refractivity contribution in [2.24, 2.45) is 5.10 Å². The molecular weight excluding hydrogens is 416 g/mol. The van der Waals surface area contributed by atoms with Gasteiger partial charge in [0.15, 0.2) is 5.69 Å². The number of nitrogen functional groups attached to an aromatic ring is 1. The Bertz CT molecular complexity index is 1400. The van der Waals surface area contributed by atoms with Crippen LogP contribution in [0.1, 0.15) is 16.1 Å². The largest absolute Gasteiger partial charge is 0.378 e. The Morgan fingerprint density at radius 1 is 1.13 bits per heavy atom. The van der Waals surface area contributed by atoms with Crippen molar-refractivity contribution >= 4 is 40.0 Å². The van der Waals surface area contributed by atoms with Crippen LogP contribution in [-0.4, -0.2) is 37.4 Å². The number of anilines is 1. The molecule has 3 N–H and O–H groups in total. The summed E-state index contributed by atoms with van der Waals surface area (Å²) < 4.78 is 5.98. The van der Waals surface area contributed by atoms with Gasteiger partial charge < -0.3 is 5.73 Å². The zero-order valence-corrected chi connectivity index (χ0v) is 16.7. The minimum Gasteiger partial charge on any atom is -0.378 e. The number of nitrogens with zero attached hydrogens (tertiary/aromatic N) is 6. The predicted octanol–water partition coefficient (Wildman–Crippen LogP) is 2.88. The number of hydrazone groups is 1. The fourth-order valence-corrected chi connectivity index (χ4v) is 3.89. The van der Waals surface area contributed by atoms with E-state index in [2.05, 4.69) is 35.8 Å². The lowest BCUT2D eigenvalue weighted by Gasteiger charge is -2.03. The van der Waals surface area contributed by atoms with Crippen LogP contribution in [0.2, 0.25) is 0 Å². The fraction of sp³-hybridized carbons (Fsp3) is 0. The first kappa shape index (κ1) is 18.6. The Morgan fingerprint density at radius 2 is 2.00 bits per heavy atom. The van der Waals surface area contributed by atoms with Crippen LogP contribution >= 0.6 is 11.3 Å². The number of hydrogen-bond donors (Lipinski definition) is 2. The molecule has 3 heterocycles. The van der Waals surface area contributed by atoms with Crippen LogP contribution in [0.3, 0.4) is 0 Å². The molecule has 0 radical (unpaired) electrons. The molecule has 0 bridgehead atoms. The van der Waals surface area contributed by atoms with Gasteiger partial charge in [0.1, 0.15) is 5.69 Å². The number of nitrogens with two attached hydrogens (primary N) is 1. The summed E-state index contributed by atoms with van der Waals surface area (Å²) in [7, 11) is 0. The third-order valence-corrected chi connectivity index (χ3v) is 5.41. The summed E-state index contributed by atoms with van der Waals surface area (Å²) in [6.07, 6.45) is 1.59. The molecule has 0 aliphatic rings. The zero-order chi connectivity index (χ0) is 21.2. The lowest BCUT2D eigenvalue weighted by Crippen LogP contribution is -2.19. The Labute approximate surface area is 179 Å². The number of rotatable bonds is 5. The molecule has 0 unspecified atom stereocenters. The molecule has 0 aliphatic heterocycles. The number of carbonyl (C=O) groups is 1. The number of fused-ring (bicyclic) bond motifs is 1. The molecule has 0 saturated heterocycles. The second kappa shape index (κ2) is 7.80. The van der Waals surface area contributed by atoms with E-state index in [0.29, 0.717) is 5.69 Å². The second-order valence-electron chi connectivity index (χ2n) is 6.42. The first-order chi connectivity index (χ1) is 15.2. The van der Waals surface area contributed by atoms with Gasteiger partial charge in [0.25, 0.3) is 5.91 Å². The van der Waals surface area contributed by atoms with Crippen molar-refractivity contribution in [3.63, 3.8) is 0 Å². The number of amides is 1. The van der Waals surface area contributed by atoms with Crippen LogP contribution in [0.15, 0.2) is 69.7 Å². The molecule has 0 spiro atoms. The topological polar surface area (TPSA) is 137 Å². The first-order valence-corrected chi connectivity index (χ1v) is 9.99. The van der Waals surface area contributed by atoms with Crippen molar-refractivity contribution in [1.29, 1.82) is 0 Å². The Balaban J connectivity index is 1.46. The summed E-state index contributed by atoms with van der Waals surface area (Å²) in [5, 5.41) is 23.4. The normalized spacial score (nSPS) is 11.4. The lowest BCUT2D eigenvalue weighted by molar-refractivity contribution is 0.0951. The number of aromatic nitrogens is 5. The quantitative estimate of drug-likeness (QED) is 0.323. The molecule has 0 fully saturated rings. The molecule has 0 atom stereocenters. The van der Waals surface area contributed by atoms with Gasteiger partial charge in [-0.25, -0.2) is 10.1 Å². The molecule has 1 amide bonds. The molecule has 10 nitrogen and oxygen atoms in total. The summed E-state index contributed by atoms with van der Waals surface area (Å²) in [6, 6.07) is 17.5. The third kappa shape index (κ3) is 3.42. The molecule has 0 saturated carbocycles. The summed E-state index contributed by atoms with van der Waals surface area (Å²) >= 11 is 1.41. The first-order valence-electron chi connectivity index (χ1n) is 9.11. The van der Waals surface area contributed by atoms with Crippen LogP contribution in [0.5, 0.6) is 0 Å². The van der Waals surface area contributed by atoms with E-state index in [1.165, 1.54) is 16.0 Å². The van der Waals surface area contributed by atoms with Crippen LogP contribution < -0.4 is 11.2 Å². The van der Waals surface area contributed by atoms with E-state index in [1.807, 2.05) is 60.0 Å². The van der Waals surface area contributed by atoms with Crippen molar-refractivity contribution in [1.82, 2.24) is 30.7 Å². The molecule has 152 valence electrons. The number of benzene rings is 2. The Hall–Kier alpha value is -4.38. The van der Waals surface area contributed by atoms with Crippen LogP contribution in [0, 0.1) is 0 Å². The van der Waals surface area contributed by atoms with Crippen LogP contribution in [0.4, 0.5) is 5.82 Å². The van der Waals surface area contributed by atoms with E-state index in [4.69, 9.17) is 5.73 Å². The standard InChI is InChI=1S/C20H14N8O2S/c21-18-19(26-30-25-18)28-17(15-9-4-10-31-15)16(23-27-28)20(29)24-22-11-13-7-3-6-12-5-1-2-8-14(12)13/h1-11H,(H2,21,25)(H,24,29). The Morgan fingerprint density at radius 3 is 2.81 bits per heavy atom. The van der Waals surface area contributed by atoms with E-state index in [9.17, 15) is 4.79 Å². The van der Waals surface area contributed by atoms with Gasteiger partial charge in [0, 0.05) is 5.56 Å². The van der Waals surface area contributed by atoms with Crippen molar-refractivity contribution in [2.45, 2.75) is 0 Å². The van der Waals surface area contributed by atoms with Crippen molar-refractivity contribution in [3.05, 3.63) is 71.2 Å². The van der Waals surface area contributed by atoms with Crippen LogP contribution in [0.25, 0.3) is 27.2 Å². The highest BCUT2D eigenvalue weighted by atomic mass is 32.1. The smallest absolute Gasteiger partial charge is 0.294 e. The average Bonchev–Trinajstić information content (AvgIpc) is 3.54. The average molecular weight is 430 g/mol. The second-order valence-corrected chi connectivity index (χ2v) is 7.36. The van der Waals surface area contributed by atoms with Gasteiger partial charge in [-0.2, -0.15) is 9.78 Å². The molecule has 5 aromatic rings. The summed E-state index contributed by atoms with van der Waals surface area (Å²) in [5.74, 6) is -0.348. The number of hydrogen-bond acceptors (Lipinski definition) is 9. The fourth-order valence-electron chi connectivity index (χ4n) is 3.13. The minimum atomic E-state index is -0.527. The van der Waals surface area contributed by atoms with E-state index < -0.39 is 5.91 Å². The molecule has 11 heteroatoms. The third-order valence-electron chi connectivity index (χ3n) is 4.53. The van der Waals surface area contributed by atoms with Gasteiger partial charge in [-0.1, -0.05) is 53.7 Å².